The first kappa shape index (κ1) is 9.52. The standard InChI is InChI=1S/C10H13NO2S/c1-2-14-10-6-9-8(5-7(10)11)12-3-4-13-9/h5-6H,2-4,11H2,1H3. The fraction of sp³-hybridized carbons (Fsp3) is 0.400. The molecule has 0 unspecified atom stereocenters. The van der Waals surface area contributed by atoms with Gasteiger partial charge in [-0.1, -0.05) is 6.92 Å². The van der Waals surface area contributed by atoms with E-state index < -0.39 is 0 Å². The number of thioether (sulfide) groups is 1. The van der Waals surface area contributed by atoms with Crippen molar-refractivity contribution in [2.75, 3.05) is 24.7 Å². The number of hydrogen-bond acceptors (Lipinski definition) is 4. The van der Waals surface area contributed by atoms with Crippen molar-refractivity contribution < 1.29 is 9.47 Å². The molecule has 0 aromatic heterocycles. The second-order valence-corrected chi connectivity index (χ2v) is 4.27. The smallest absolute Gasteiger partial charge is 0.163 e. The van der Waals surface area contributed by atoms with Gasteiger partial charge in [-0.3, -0.25) is 0 Å². The molecule has 0 saturated carbocycles. The van der Waals surface area contributed by atoms with E-state index in [0.717, 1.165) is 27.8 Å². The van der Waals surface area contributed by atoms with Crippen LogP contribution in [-0.4, -0.2) is 19.0 Å². The Kier molecular flexibility index (Phi) is 2.72. The first-order valence-electron chi connectivity index (χ1n) is 4.63. The van der Waals surface area contributed by atoms with E-state index in [0.29, 0.717) is 13.2 Å². The molecule has 0 aliphatic carbocycles. The van der Waals surface area contributed by atoms with Gasteiger partial charge in [-0.25, -0.2) is 0 Å². The van der Waals surface area contributed by atoms with E-state index in [9.17, 15) is 0 Å². The van der Waals surface area contributed by atoms with Gasteiger partial charge in [-0.05, 0) is 11.8 Å². The lowest BCUT2D eigenvalue weighted by Crippen LogP contribution is -2.15. The lowest BCUT2D eigenvalue weighted by molar-refractivity contribution is 0.171. The molecule has 3 nitrogen and oxygen atoms in total. The van der Waals surface area contributed by atoms with E-state index in [1.807, 2.05) is 12.1 Å². The van der Waals surface area contributed by atoms with Gasteiger partial charge >= 0.3 is 0 Å². The third-order valence-corrected chi connectivity index (χ3v) is 2.93. The molecule has 1 aromatic rings. The Morgan fingerprint density at radius 1 is 1.29 bits per heavy atom. The van der Waals surface area contributed by atoms with Gasteiger partial charge in [0.15, 0.2) is 11.5 Å². The first-order valence-corrected chi connectivity index (χ1v) is 5.61. The van der Waals surface area contributed by atoms with E-state index in [1.165, 1.54) is 0 Å². The summed E-state index contributed by atoms with van der Waals surface area (Å²) >= 11 is 1.71. The molecule has 0 amide bonds. The van der Waals surface area contributed by atoms with Gasteiger partial charge in [0.25, 0.3) is 0 Å². The Balaban J connectivity index is 2.35. The van der Waals surface area contributed by atoms with Crippen LogP contribution in [0.5, 0.6) is 11.5 Å². The highest BCUT2D eigenvalue weighted by molar-refractivity contribution is 7.99. The molecule has 1 aliphatic rings. The molecule has 0 saturated heterocycles. The average Bonchev–Trinajstić information content (AvgIpc) is 2.19. The molecule has 0 atom stereocenters. The zero-order valence-electron chi connectivity index (χ0n) is 8.08. The monoisotopic (exact) mass is 211 g/mol. The summed E-state index contributed by atoms with van der Waals surface area (Å²) in [5.41, 5.74) is 6.64. The number of nitrogen functional groups attached to an aromatic ring is 1. The van der Waals surface area contributed by atoms with Crippen LogP contribution in [0.3, 0.4) is 0 Å². The van der Waals surface area contributed by atoms with Crippen LogP contribution in [0.2, 0.25) is 0 Å². The molecule has 14 heavy (non-hydrogen) atoms. The Labute approximate surface area is 87.6 Å². The van der Waals surface area contributed by atoms with Crippen LogP contribution in [0, 0.1) is 0 Å². The molecule has 2 rings (SSSR count). The summed E-state index contributed by atoms with van der Waals surface area (Å²) in [7, 11) is 0. The minimum atomic E-state index is 0.604. The summed E-state index contributed by atoms with van der Waals surface area (Å²) < 4.78 is 10.9. The van der Waals surface area contributed by atoms with E-state index in [1.54, 1.807) is 11.8 Å². The SMILES string of the molecule is CCSc1cc2c(cc1N)OCCO2. The molecule has 76 valence electrons. The highest BCUT2D eigenvalue weighted by Gasteiger charge is 2.14. The van der Waals surface area contributed by atoms with Crippen LogP contribution in [0.25, 0.3) is 0 Å². The van der Waals surface area contributed by atoms with E-state index in [2.05, 4.69) is 6.92 Å². The molecule has 0 radical (unpaired) electrons. The largest absolute Gasteiger partial charge is 0.486 e. The number of nitrogens with two attached hydrogens (primary N) is 1. The van der Waals surface area contributed by atoms with E-state index in [-0.39, 0.29) is 0 Å². The molecule has 2 N–H and O–H groups in total. The predicted molar refractivity (Wildman–Crippen MR) is 58.2 cm³/mol. The Morgan fingerprint density at radius 3 is 2.57 bits per heavy atom. The van der Waals surface area contributed by atoms with Crippen molar-refractivity contribution in [3.05, 3.63) is 12.1 Å². The van der Waals surface area contributed by atoms with E-state index >= 15 is 0 Å². The van der Waals surface area contributed by atoms with Crippen LogP contribution < -0.4 is 15.2 Å². The van der Waals surface area contributed by atoms with Crippen molar-refractivity contribution in [1.29, 1.82) is 0 Å². The van der Waals surface area contributed by atoms with E-state index in [4.69, 9.17) is 15.2 Å². The zero-order chi connectivity index (χ0) is 9.97. The van der Waals surface area contributed by atoms with Gasteiger partial charge in [-0.2, -0.15) is 0 Å². The Bertz CT molecular complexity index is 341. The Hall–Kier alpha value is -1.03. The van der Waals surface area contributed by atoms with Crippen LogP contribution in [-0.2, 0) is 0 Å². The Morgan fingerprint density at radius 2 is 1.93 bits per heavy atom. The summed E-state index contributed by atoms with van der Waals surface area (Å²) in [5.74, 6) is 2.57. The predicted octanol–water partition coefficient (Wildman–Crippen LogP) is 2.15. The molecule has 0 spiro atoms. The van der Waals surface area contributed by atoms with Crippen molar-refractivity contribution in [3.8, 4) is 11.5 Å². The summed E-state index contributed by atoms with van der Waals surface area (Å²) in [4.78, 5) is 1.07. The normalized spacial score (nSPS) is 14.1. The maximum atomic E-state index is 5.87. The van der Waals surface area contributed by atoms with Crippen molar-refractivity contribution in [2.24, 2.45) is 0 Å². The maximum absolute atomic E-state index is 5.87. The van der Waals surface area contributed by atoms with Gasteiger partial charge in [0.1, 0.15) is 13.2 Å². The summed E-state index contributed by atoms with van der Waals surface area (Å²) in [5, 5.41) is 0. The molecule has 1 aromatic carbocycles. The third kappa shape index (κ3) is 1.75. The summed E-state index contributed by atoms with van der Waals surface area (Å²) in [6.07, 6.45) is 0. The van der Waals surface area contributed by atoms with Crippen LogP contribution >= 0.6 is 11.8 Å². The van der Waals surface area contributed by atoms with Crippen LogP contribution in [0.1, 0.15) is 6.92 Å². The van der Waals surface area contributed by atoms with Crippen molar-refractivity contribution in [2.45, 2.75) is 11.8 Å². The highest BCUT2D eigenvalue weighted by Crippen LogP contribution is 2.38. The van der Waals surface area contributed by atoms with Gasteiger partial charge in [0, 0.05) is 16.6 Å². The highest BCUT2D eigenvalue weighted by atomic mass is 32.2. The fourth-order valence-electron chi connectivity index (χ4n) is 1.37. The summed E-state index contributed by atoms with van der Waals surface area (Å²) in [6, 6.07) is 3.80. The van der Waals surface area contributed by atoms with Crippen molar-refractivity contribution in [3.63, 3.8) is 0 Å². The summed E-state index contributed by atoms with van der Waals surface area (Å²) in [6.45, 7) is 3.32. The third-order valence-electron chi connectivity index (χ3n) is 1.97. The molecular formula is C10H13NO2S. The van der Waals surface area contributed by atoms with Crippen molar-refractivity contribution >= 4 is 17.4 Å². The second kappa shape index (κ2) is 4.00. The first-order chi connectivity index (χ1) is 6.81. The van der Waals surface area contributed by atoms with Gasteiger partial charge < -0.3 is 15.2 Å². The number of rotatable bonds is 2. The van der Waals surface area contributed by atoms with Crippen molar-refractivity contribution in [1.82, 2.24) is 0 Å². The minimum Gasteiger partial charge on any atom is -0.486 e. The van der Waals surface area contributed by atoms with Crippen LogP contribution in [0.4, 0.5) is 5.69 Å². The molecule has 0 bridgehead atoms. The van der Waals surface area contributed by atoms with Gasteiger partial charge in [-0.15, -0.1) is 11.8 Å². The molecule has 1 aliphatic heterocycles. The van der Waals surface area contributed by atoms with Gasteiger partial charge in [0.05, 0.1) is 0 Å². The lowest BCUT2D eigenvalue weighted by atomic mass is 10.2. The molecule has 1 heterocycles. The number of ether oxygens (including phenoxy) is 2. The topological polar surface area (TPSA) is 44.5 Å². The number of hydrogen-bond donors (Lipinski definition) is 1. The maximum Gasteiger partial charge on any atom is 0.163 e. The zero-order valence-corrected chi connectivity index (χ0v) is 8.89. The minimum absolute atomic E-state index is 0.604. The quantitative estimate of drug-likeness (QED) is 0.601. The molecule has 0 fully saturated rings. The number of anilines is 1. The number of fused-ring (bicyclic) bond motifs is 1. The second-order valence-electron chi connectivity index (χ2n) is 2.97. The fourth-order valence-corrected chi connectivity index (χ4v) is 2.09. The van der Waals surface area contributed by atoms with Gasteiger partial charge in [0.2, 0.25) is 0 Å². The average molecular weight is 211 g/mol. The van der Waals surface area contributed by atoms with Crippen LogP contribution in [0.15, 0.2) is 17.0 Å². The molecule has 4 heteroatoms. The lowest BCUT2D eigenvalue weighted by Gasteiger charge is -2.19. The number of benzene rings is 1. The molecular weight excluding hydrogens is 198 g/mol.